The van der Waals surface area contributed by atoms with Crippen molar-refractivity contribution in [2.24, 2.45) is 5.92 Å². The largest absolute Gasteiger partial charge is 0.493 e. The third-order valence-electron chi connectivity index (χ3n) is 12.2. The van der Waals surface area contributed by atoms with Gasteiger partial charge in [0.15, 0.2) is 5.11 Å². The van der Waals surface area contributed by atoms with Crippen molar-refractivity contribution < 1.29 is 56.4 Å². The number of nitrogens with one attached hydrogen (secondary N) is 1. The molecule has 3 aliphatic heterocycles. The number of anilines is 2. The Morgan fingerprint density at radius 1 is 0.972 bits per heavy atom. The summed E-state index contributed by atoms with van der Waals surface area (Å²) in [6, 6.07) is 17.3. The van der Waals surface area contributed by atoms with Crippen LogP contribution in [0.3, 0.4) is 0 Å². The average molecular weight is 1020 g/mol. The number of nitriles is 1. The highest BCUT2D eigenvalue weighted by Crippen LogP contribution is 2.40. The highest BCUT2D eigenvalue weighted by molar-refractivity contribution is 7.81. The summed E-state index contributed by atoms with van der Waals surface area (Å²) < 4.78 is 64.0. The van der Waals surface area contributed by atoms with Gasteiger partial charge in [0.05, 0.1) is 78.0 Å². The van der Waals surface area contributed by atoms with Crippen LogP contribution in [0.5, 0.6) is 5.75 Å². The number of thiazole rings is 1. The minimum absolute atomic E-state index is 0.0226. The van der Waals surface area contributed by atoms with Crippen LogP contribution in [0.4, 0.5) is 24.5 Å². The molecule has 0 aliphatic carbocycles. The van der Waals surface area contributed by atoms with E-state index in [0.717, 1.165) is 38.7 Å². The summed E-state index contributed by atoms with van der Waals surface area (Å²) in [5, 5.41) is 22.7. The molecule has 2 saturated heterocycles. The maximum absolute atomic E-state index is 14.1. The van der Waals surface area contributed by atoms with Crippen molar-refractivity contribution in [1.82, 2.24) is 20.1 Å². The summed E-state index contributed by atoms with van der Waals surface area (Å²) >= 11 is 7.17. The second kappa shape index (κ2) is 22.3. The molecule has 376 valence electrons. The lowest BCUT2D eigenvalue weighted by Gasteiger charge is -2.35. The van der Waals surface area contributed by atoms with Gasteiger partial charge in [-0.25, -0.2) is 4.98 Å². The lowest BCUT2D eigenvalue weighted by molar-refractivity contribution is -0.147. The maximum atomic E-state index is 14.1. The van der Waals surface area contributed by atoms with Gasteiger partial charge in [0.25, 0.3) is 11.8 Å². The van der Waals surface area contributed by atoms with E-state index in [1.165, 1.54) is 28.0 Å². The molecular formula is C50H54F3N7O9S2. The number of amides is 4. The Hall–Kier alpha value is -6.44. The summed E-state index contributed by atoms with van der Waals surface area (Å²) in [6.07, 6.45) is -4.28. The Bertz CT molecular complexity index is 2690. The smallest absolute Gasteiger partial charge is 0.417 e. The normalized spacial score (nSPS) is 18.3. The van der Waals surface area contributed by atoms with Crippen molar-refractivity contribution in [3.63, 3.8) is 0 Å². The highest BCUT2D eigenvalue weighted by Gasteiger charge is 2.51. The molecule has 16 nitrogen and oxygen atoms in total. The van der Waals surface area contributed by atoms with E-state index in [2.05, 4.69) is 10.3 Å². The monoisotopic (exact) mass is 1020 g/mol. The third kappa shape index (κ3) is 11.9. The molecule has 2 N–H and O–H groups in total. The fourth-order valence-electron chi connectivity index (χ4n) is 8.67. The van der Waals surface area contributed by atoms with Gasteiger partial charge in [-0.15, -0.1) is 11.3 Å². The van der Waals surface area contributed by atoms with Gasteiger partial charge in [0.1, 0.15) is 42.3 Å². The number of ether oxygens (including phenoxy) is 4. The van der Waals surface area contributed by atoms with E-state index in [1.54, 1.807) is 59.9 Å². The third-order valence-corrected chi connectivity index (χ3v) is 13.6. The molecule has 71 heavy (non-hydrogen) atoms. The van der Waals surface area contributed by atoms with Crippen molar-refractivity contribution in [3.8, 4) is 22.3 Å². The number of β-amino-alcohol motifs (C(OH)–C–C–N with tert-alkyl or cyclic N) is 1. The minimum Gasteiger partial charge on any atom is -0.493 e. The molecule has 7 rings (SSSR count). The topological polar surface area (TPSA) is 187 Å². The van der Waals surface area contributed by atoms with Crippen molar-refractivity contribution in [3.05, 3.63) is 106 Å². The van der Waals surface area contributed by atoms with Crippen LogP contribution in [0, 0.1) is 24.2 Å². The zero-order valence-electron chi connectivity index (χ0n) is 39.7. The van der Waals surface area contributed by atoms with E-state index < -0.39 is 58.8 Å². The van der Waals surface area contributed by atoms with Gasteiger partial charge in [0, 0.05) is 31.3 Å². The number of nitrogens with zero attached hydrogens (tertiary/aromatic N) is 6. The van der Waals surface area contributed by atoms with Crippen LogP contribution in [0.1, 0.15) is 56.5 Å². The fourth-order valence-corrected chi connectivity index (χ4v) is 10.0. The van der Waals surface area contributed by atoms with Gasteiger partial charge in [-0.3, -0.25) is 24.1 Å². The lowest BCUT2D eigenvalue weighted by Crippen LogP contribution is -2.55. The van der Waals surface area contributed by atoms with E-state index in [1.807, 2.05) is 45.0 Å². The van der Waals surface area contributed by atoms with Crippen LogP contribution in [-0.2, 0) is 46.1 Å². The Kier molecular flexibility index (Phi) is 16.5. The molecule has 4 heterocycles. The quantitative estimate of drug-likeness (QED) is 0.0734. The number of alkyl halides is 3. The summed E-state index contributed by atoms with van der Waals surface area (Å²) in [6.45, 7) is 10.4. The molecule has 0 radical (unpaired) electrons. The fraction of sp³-hybridized carbons (Fsp3) is 0.420. The lowest BCUT2D eigenvalue weighted by atomic mass is 10.0. The Labute approximate surface area is 418 Å². The Morgan fingerprint density at radius 3 is 2.24 bits per heavy atom. The molecule has 2 fully saturated rings. The average Bonchev–Trinajstić information content (AvgIpc) is 4.09. The molecule has 3 aliphatic rings. The first-order valence-corrected chi connectivity index (χ1v) is 24.2. The van der Waals surface area contributed by atoms with Crippen LogP contribution in [0.15, 0.2) is 84.1 Å². The van der Waals surface area contributed by atoms with Crippen LogP contribution in [0.25, 0.3) is 10.4 Å². The second-order valence-electron chi connectivity index (χ2n) is 17.9. The number of aromatic nitrogens is 1. The Morgan fingerprint density at radius 2 is 1.62 bits per heavy atom. The summed E-state index contributed by atoms with van der Waals surface area (Å²) in [5.74, 6) is -1.17. The zero-order valence-corrected chi connectivity index (χ0v) is 41.4. The van der Waals surface area contributed by atoms with E-state index in [9.17, 15) is 42.7 Å². The number of thiocarbonyl (C=S) groups is 1. The molecule has 0 saturated carbocycles. The molecule has 1 aromatic heterocycles. The summed E-state index contributed by atoms with van der Waals surface area (Å²) in [5.41, 5.74) is 2.10. The van der Waals surface area contributed by atoms with Gasteiger partial charge >= 0.3 is 6.18 Å². The number of rotatable bonds is 20. The summed E-state index contributed by atoms with van der Waals surface area (Å²) in [4.78, 5) is 65.1. The molecular weight excluding hydrogens is 964 g/mol. The number of aliphatic hydroxyl groups is 1. The molecule has 3 atom stereocenters. The number of likely N-dealkylation sites (tertiary alicyclic amines) is 1. The number of hydrogen-bond acceptors (Lipinski definition) is 13. The molecule has 4 aromatic rings. The minimum atomic E-state index is -4.81. The van der Waals surface area contributed by atoms with E-state index in [0.29, 0.717) is 17.2 Å². The first-order valence-electron chi connectivity index (χ1n) is 22.9. The zero-order chi connectivity index (χ0) is 51.2. The number of carbonyl (C=O) groups is 4. The van der Waals surface area contributed by atoms with E-state index >= 15 is 0 Å². The van der Waals surface area contributed by atoms with Gasteiger partial charge in [-0.2, -0.15) is 18.4 Å². The molecule has 0 spiro atoms. The Balaban J connectivity index is 0.798. The summed E-state index contributed by atoms with van der Waals surface area (Å²) in [7, 11) is 0. The van der Waals surface area contributed by atoms with E-state index in [-0.39, 0.29) is 88.3 Å². The van der Waals surface area contributed by atoms with E-state index in [4.69, 9.17) is 31.2 Å². The number of aryl methyl sites for hydroxylation is 1. The van der Waals surface area contributed by atoms with Crippen molar-refractivity contribution in [2.75, 3.05) is 62.5 Å². The number of halogens is 3. The molecule has 0 bridgehead atoms. The van der Waals surface area contributed by atoms with Gasteiger partial charge in [-0.1, -0.05) is 38.1 Å². The van der Waals surface area contributed by atoms with Crippen molar-refractivity contribution >= 4 is 63.7 Å². The molecule has 3 aromatic carbocycles. The predicted molar refractivity (Wildman–Crippen MR) is 261 cm³/mol. The molecule has 1 unspecified atom stereocenters. The molecule has 4 amide bonds. The maximum Gasteiger partial charge on any atom is 0.417 e. The van der Waals surface area contributed by atoms with Crippen LogP contribution in [0.2, 0.25) is 0 Å². The predicted octanol–water partition coefficient (Wildman–Crippen LogP) is 6.38. The highest BCUT2D eigenvalue weighted by atomic mass is 32.1. The van der Waals surface area contributed by atoms with Crippen LogP contribution < -0.4 is 19.9 Å². The first-order chi connectivity index (χ1) is 33.8. The second-order valence-corrected chi connectivity index (χ2v) is 19.1. The number of benzene rings is 3. The first kappa shape index (κ1) is 52.4. The van der Waals surface area contributed by atoms with Crippen LogP contribution in [-0.4, -0.2) is 125 Å². The van der Waals surface area contributed by atoms with Gasteiger partial charge in [-0.05, 0) is 92.5 Å². The van der Waals surface area contributed by atoms with Gasteiger partial charge < -0.3 is 44.1 Å². The van der Waals surface area contributed by atoms with Crippen molar-refractivity contribution in [2.45, 2.75) is 77.5 Å². The number of hydrogen-bond donors (Lipinski definition) is 2. The standard InChI is InChI=1S/C50H54F3N7O9S2/c1-30(2)43(46(64)57-27-37(61)23-41(57)45(63)55-26-32-6-8-33(9-7-32)44-31(3)56-29-71-44)58-28-39(24-42(58)62)69-21-19-67-17-16-66-18-20-68-38-14-12-35(13-15-38)60-48(70)59(47(65)49(60,4)5)36-11-10-34(25-54)40(22-36)50(51,52)53/h6-15,22,24,29-30,37,41,43,61H,16-21,23,26-28H2,1-5H3,(H,55,63)/t37-,41+,43?/m1/s1. The van der Waals surface area contributed by atoms with Crippen molar-refractivity contribution in [1.29, 1.82) is 5.26 Å². The molecule has 21 heteroatoms. The number of carbonyl (C=O) groups excluding carboxylic acids is 4. The number of aliphatic hydroxyl groups excluding tert-OH is 1. The van der Waals surface area contributed by atoms with Crippen LogP contribution >= 0.6 is 23.6 Å². The van der Waals surface area contributed by atoms with Gasteiger partial charge in [0.2, 0.25) is 11.8 Å². The SMILES string of the molecule is Cc1ncsc1-c1ccc(CNC(=O)[C@@H]2C[C@@H](O)CN2C(=O)C(C(C)C)N2CC(OCCOCCOCCOc3ccc(N4C(=S)N(c5ccc(C#N)c(C(F)(F)F)c5)C(=O)C4(C)C)cc3)=CC2=O)cc1.